The average Bonchev–Trinajstić information content (AvgIpc) is 3.54. The van der Waals surface area contributed by atoms with Crippen molar-refractivity contribution in [2.45, 2.75) is 25.0 Å². The van der Waals surface area contributed by atoms with Crippen LogP contribution in [0.3, 0.4) is 0 Å². The zero-order chi connectivity index (χ0) is 22.9. The third-order valence-electron chi connectivity index (χ3n) is 7.73. The van der Waals surface area contributed by atoms with E-state index in [0.29, 0.717) is 11.4 Å². The Morgan fingerprint density at radius 3 is 2.36 bits per heavy atom. The molecule has 1 saturated heterocycles. The van der Waals surface area contributed by atoms with Gasteiger partial charge in [0.25, 0.3) is 0 Å². The van der Waals surface area contributed by atoms with E-state index in [9.17, 15) is 19.5 Å². The van der Waals surface area contributed by atoms with Crippen LogP contribution in [0.1, 0.15) is 17.5 Å². The number of hydrogen-bond donors (Lipinski definition) is 1. The summed E-state index contributed by atoms with van der Waals surface area (Å²) in [6.45, 7) is 0. The van der Waals surface area contributed by atoms with Crippen molar-refractivity contribution >= 4 is 35.1 Å². The van der Waals surface area contributed by atoms with Crippen molar-refractivity contribution in [3.05, 3.63) is 70.7 Å². The van der Waals surface area contributed by atoms with Gasteiger partial charge in [-0.2, -0.15) is 0 Å². The number of oxime groups is 1. The summed E-state index contributed by atoms with van der Waals surface area (Å²) in [6.07, 6.45) is 0.526. The molecular weight excluding hydrogens is 444 g/mol. The number of carbonyl (C=O) groups excluding carboxylic acids is 2. The lowest BCUT2D eigenvalue weighted by molar-refractivity contribution is -0.155. The molecule has 2 bridgehead atoms. The van der Waals surface area contributed by atoms with E-state index in [-0.39, 0.29) is 42.1 Å². The largest absolute Gasteiger partial charge is 0.480 e. The molecule has 0 aromatic heterocycles. The van der Waals surface area contributed by atoms with Crippen LogP contribution in [-0.4, -0.2) is 45.6 Å². The molecule has 8 heteroatoms. The van der Waals surface area contributed by atoms with Gasteiger partial charge in [0, 0.05) is 23.3 Å². The minimum atomic E-state index is -1.22. The van der Waals surface area contributed by atoms with E-state index in [4.69, 9.17) is 16.4 Å². The van der Waals surface area contributed by atoms with Gasteiger partial charge in [0.15, 0.2) is 0 Å². The Bertz CT molecular complexity index is 1180. The van der Waals surface area contributed by atoms with Crippen LogP contribution in [0, 0.1) is 29.6 Å². The van der Waals surface area contributed by atoms with Gasteiger partial charge < -0.3 is 9.94 Å². The highest BCUT2D eigenvalue weighted by Gasteiger charge is 2.71. The highest BCUT2D eigenvalue weighted by atomic mass is 35.5. The maximum Gasteiger partial charge on any atom is 0.327 e. The predicted molar refractivity (Wildman–Crippen MR) is 118 cm³/mol. The first-order valence-corrected chi connectivity index (χ1v) is 11.5. The number of carboxylic acid groups (broad SMARTS) is 1. The first kappa shape index (κ1) is 20.4. The van der Waals surface area contributed by atoms with Crippen molar-refractivity contribution in [2.75, 3.05) is 0 Å². The van der Waals surface area contributed by atoms with Crippen LogP contribution in [0.4, 0.5) is 0 Å². The van der Waals surface area contributed by atoms with Crippen molar-refractivity contribution in [3.63, 3.8) is 0 Å². The molecule has 2 heterocycles. The molecule has 168 valence electrons. The normalized spacial score (nSPS) is 32.4. The summed E-state index contributed by atoms with van der Waals surface area (Å²) >= 11 is 6.02. The number of halogens is 1. The number of amides is 2. The molecule has 0 radical (unpaired) electrons. The molecule has 2 aliphatic carbocycles. The number of fused-ring (bicyclic) bond motifs is 8. The van der Waals surface area contributed by atoms with Gasteiger partial charge in [-0.15, -0.1) is 0 Å². The van der Waals surface area contributed by atoms with Gasteiger partial charge in [-0.25, -0.2) is 4.79 Å². The lowest BCUT2D eigenvalue weighted by atomic mass is 9.71. The fraction of sp³-hybridized carbons (Fsp3) is 0.360. The van der Waals surface area contributed by atoms with E-state index >= 15 is 0 Å². The lowest BCUT2D eigenvalue weighted by Crippen LogP contribution is -2.47. The molecule has 7 nitrogen and oxygen atoms in total. The van der Waals surface area contributed by atoms with E-state index in [1.165, 1.54) is 0 Å². The van der Waals surface area contributed by atoms with Crippen molar-refractivity contribution < 1.29 is 24.3 Å². The van der Waals surface area contributed by atoms with Gasteiger partial charge in [-0.1, -0.05) is 59.2 Å². The van der Waals surface area contributed by atoms with Crippen LogP contribution in [0.5, 0.6) is 0 Å². The Labute approximate surface area is 195 Å². The van der Waals surface area contributed by atoms with Gasteiger partial charge in [-0.3, -0.25) is 14.5 Å². The SMILES string of the molecule is O=C(O)C(Cc1ccccc1)N1C(=O)C2C3CC(C4C(c5ccc(Cl)cc5)=NOC34)C2C1=O. The van der Waals surface area contributed by atoms with Crippen LogP contribution in [0.15, 0.2) is 59.8 Å². The third-order valence-corrected chi connectivity index (χ3v) is 7.99. The molecule has 6 rings (SSSR count). The minimum absolute atomic E-state index is 0.0866. The van der Waals surface area contributed by atoms with E-state index < -0.39 is 23.8 Å². The van der Waals surface area contributed by atoms with Crippen LogP contribution in [0.2, 0.25) is 5.02 Å². The van der Waals surface area contributed by atoms with Crippen molar-refractivity contribution in [1.82, 2.24) is 4.90 Å². The standard InChI is InChI=1S/C25H21ClN2O5/c26-14-8-6-13(7-9-14)21-20-15-11-16(22(20)33-27-21)19-18(15)23(29)28(24(19)30)17(25(31)32)10-12-4-2-1-3-5-12/h1-9,15-20,22H,10-11H2,(H,31,32). The molecule has 0 spiro atoms. The molecule has 1 N–H and O–H groups in total. The summed E-state index contributed by atoms with van der Waals surface area (Å²) in [5.74, 6) is -3.34. The topological polar surface area (TPSA) is 96.3 Å². The molecular formula is C25H21ClN2O5. The Kier molecular flexibility index (Phi) is 4.59. The van der Waals surface area contributed by atoms with Crippen LogP contribution >= 0.6 is 11.6 Å². The number of benzene rings is 2. The molecule has 7 atom stereocenters. The van der Waals surface area contributed by atoms with Crippen molar-refractivity contribution in [3.8, 4) is 0 Å². The summed E-state index contributed by atoms with van der Waals surface area (Å²) in [4.78, 5) is 45.9. The molecule has 4 aliphatic rings. The highest BCUT2D eigenvalue weighted by molar-refractivity contribution is 6.30. The van der Waals surface area contributed by atoms with Crippen LogP contribution in [-0.2, 0) is 25.6 Å². The van der Waals surface area contributed by atoms with Gasteiger partial charge in [0.2, 0.25) is 11.8 Å². The zero-order valence-corrected chi connectivity index (χ0v) is 18.3. The van der Waals surface area contributed by atoms with Gasteiger partial charge in [0.1, 0.15) is 12.1 Å². The fourth-order valence-corrected chi connectivity index (χ4v) is 6.57. The van der Waals surface area contributed by atoms with E-state index in [0.717, 1.165) is 21.7 Å². The third kappa shape index (κ3) is 2.95. The number of nitrogens with zero attached hydrogens (tertiary/aromatic N) is 2. The fourth-order valence-electron chi connectivity index (χ4n) is 6.44. The quantitative estimate of drug-likeness (QED) is 0.686. The first-order chi connectivity index (χ1) is 16.0. The number of hydrogen-bond acceptors (Lipinski definition) is 5. The second-order valence-corrected chi connectivity index (χ2v) is 9.72. The molecule has 7 unspecified atom stereocenters. The van der Waals surface area contributed by atoms with Crippen LogP contribution in [0.25, 0.3) is 0 Å². The molecule has 3 fully saturated rings. The maximum atomic E-state index is 13.5. The second-order valence-electron chi connectivity index (χ2n) is 9.28. The molecule has 2 aromatic carbocycles. The van der Waals surface area contributed by atoms with Gasteiger partial charge >= 0.3 is 5.97 Å². The number of likely N-dealkylation sites (tertiary alicyclic amines) is 1. The summed E-state index contributed by atoms with van der Waals surface area (Å²) in [5, 5.41) is 14.9. The van der Waals surface area contributed by atoms with Crippen LogP contribution < -0.4 is 0 Å². The minimum Gasteiger partial charge on any atom is -0.480 e. The molecule has 2 amide bonds. The number of aliphatic carboxylic acids is 1. The highest BCUT2D eigenvalue weighted by Crippen LogP contribution is 2.61. The molecule has 33 heavy (non-hydrogen) atoms. The lowest BCUT2D eigenvalue weighted by Gasteiger charge is -2.29. The zero-order valence-electron chi connectivity index (χ0n) is 17.5. The van der Waals surface area contributed by atoms with E-state index in [1.807, 2.05) is 30.3 Å². The summed E-state index contributed by atoms with van der Waals surface area (Å²) in [6, 6.07) is 15.2. The Balaban J connectivity index is 1.30. The summed E-state index contributed by atoms with van der Waals surface area (Å²) in [5.41, 5.74) is 2.43. The predicted octanol–water partition coefficient (Wildman–Crippen LogP) is 3.01. The Morgan fingerprint density at radius 1 is 1.03 bits per heavy atom. The second kappa shape index (κ2) is 7.42. The smallest absolute Gasteiger partial charge is 0.327 e. The van der Waals surface area contributed by atoms with E-state index in [2.05, 4.69) is 5.16 Å². The monoisotopic (exact) mass is 464 g/mol. The molecule has 2 saturated carbocycles. The summed E-state index contributed by atoms with van der Waals surface area (Å²) in [7, 11) is 0. The Morgan fingerprint density at radius 2 is 1.70 bits per heavy atom. The average molecular weight is 465 g/mol. The molecule has 2 aromatic rings. The number of rotatable bonds is 5. The van der Waals surface area contributed by atoms with E-state index in [1.54, 1.807) is 24.3 Å². The van der Waals surface area contributed by atoms with Crippen molar-refractivity contribution in [2.24, 2.45) is 34.7 Å². The van der Waals surface area contributed by atoms with Gasteiger partial charge in [-0.05, 0) is 35.6 Å². The number of carboxylic acids is 1. The molecule has 2 aliphatic heterocycles. The summed E-state index contributed by atoms with van der Waals surface area (Å²) < 4.78 is 0. The maximum absolute atomic E-state index is 13.5. The number of carbonyl (C=O) groups is 3. The van der Waals surface area contributed by atoms with Crippen molar-refractivity contribution in [1.29, 1.82) is 0 Å². The van der Waals surface area contributed by atoms with Gasteiger partial charge in [0.05, 0.1) is 17.5 Å². The number of imide groups is 1. The first-order valence-electron chi connectivity index (χ1n) is 11.1. The Hall–Kier alpha value is -3.19.